The second kappa shape index (κ2) is 5.96. The Balaban J connectivity index is 1.82. The first-order chi connectivity index (χ1) is 9.81. The number of benzene rings is 1. The van der Waals surface area contributed by atoms with E-state index in [-0.39, 0.29) is 18.1 Å². The molecule has 1 saturated carbocycles. The van der Waals surface area contributed by atoms with E-state index in [0.29, 0.717) is 5.92 Å². The quantitative estimate of drug-likeness (QED) is 0.913. The van der Waals surface area contributed by atoms with Gasteiger partial charge in [-0.1, -0.05) is 50.1 Å². The Morgan fingerprint density at radius 1 is 1.20 bits per heavy atom. The highest BCUT2D eigenvalue weighted by Gasteiger charge is 2.43. The van der Waals surface area contributed by atoms with Crippen LogP contribution in [0.15, 0.2) is 30.3 Å². The molecule has 0 radical (unpaired) electrons. The van der Waals surface area contributed by atoms with E-state index in [0.717, 1.165) is 18.5 Å². The summed E-state index contributed by atoms with van der Waals surface area (Å²) in [7, 11) is 0. The standard InChI is InChI=1S/C17H24N2O/c1-2-12-19-16(14-10-6-7-11-14)18-15(17(19)20)13-8-4-3-5-9-13/h3-5,8-9,14-16,18H,2,6-7,10-12H2,1H3. The lowest BCUT2D eigenvalue weighted by molar-refractivity contribution is -0.130. The van der Waals surface area contributed by atoms with Crippen LogP contribution in [0.25, 0.3) is 0 Å². The van der Waals surface area contributed by atoms with Crippen molar-refractivity contribution >= 4 is 5.91 Å². The number of rotatable bonds is 4. The monoisotopic (exact) mass is 272 g/mol. The van der Waals surface area contributed by atoms with Crippen LogP contribution in [-0.2, 0) is 4.79 Å². The van der Waals surface area contributed by atoms with Gasteiger partial charge < -0.3 is 4.90 Å². The zero-order valence-electron chi connectivity index (χ0n) is 12.2. The van der Waals surface area contributed by atoms with Crippen LogP contribution in [0.3, 0.4) is 0 Å². The third-order valence-electron chi connectivity index (χ3n) is 4.65. The van der Waals surface area contributed by atoms with Crippen molar-refractivity contribution in [3.05, 3.63) is 35.9 Å². The number of nitrogens with zero attached hydrogens (tertiary/aromatic N) is 1. The Morgan fingerprint density at radius 3 is 2.55 bits per heavy atom. The summed E-state index contributed by atoms with van der Waals surface area (Å²) in [4.78, 5) is 14.8. The van der Waals surface area contributed by atoms with Gasteiger partial charge >= 0.3 is 0 Å². The van der Waals surface area contributed by atoms with Gasteiger partial charge in [-0.05, 0) is 30.7 Å². The summed E-state index contributed by atoms with van der Waals surface area (Å²) in [5, 5.41) is 3.61. The minimum Gasteiger partial charge on any atom is -0.325 e. The lowest BCUT2D eigenvalue weighted by atomic mass is 10.0. The fourth-order valence-electron chi connectivity index (χ4n) is 3.67. The van der Waals surface area contributed by atoms with Gasteiger partial charge in [0.05, 0.1) is 6.17 Å². The molecule has 3 nitrogen and oxygen atoms in total. The third-order valence-corrected chi connectivity index (χ3v) is 4.65. The molecular weight excluding hydrogens is 248 g/mol. The van der Waals surface area contributed by atoms with E-state index in [1.54, 1.807) is 0 Å². The maximum absolute atomic E-state index is 12.7. The number of hydrogen-bond acceptors (Lipinski definition) is 2. The van der Waals surface area contributed by atoms with Crippen LogP contribution in [0.2, 0.25) is 0 Å². The van der Waals surface area contributed by atoms with Crippen molar-refractivity contribution < 1.29 is 4.79 Å². The van der Waals surface area contributed by atoms with Crippen LogP contribution >= 0.6 is 0 Å². The molecule has 3 heteroatoms. The van der Waals surface area contributed by atoms with Crippen molar-refractivity contribution in [3.8, 4) is 0 Å². The zero-order valence-corrected chi connectivity index (χ0v) is 12.2. The normalized spacial score (nSPS) is 27.4. The van der Waals surface area contributed by atoms with Gasteiger partial charge in [-0.15, -0.1) is 0 Å². The van der Waals surface area contributed by atoms with Gasteiger partial charge in [0.15, 0.2) is 0 Å². The predicted octanol–water partition coefficient (Wildman–Crippen LogP) is 3.09. The summed E-state index contributed by atoms with van der Waals surface area (Å²) in [5.74, 6) is 0.897. The molecule has 1 amide bonds. The number of carbonyl (C=O) groups excluding carboxylic acids is 1. The Bertz CT molecular complexity index is 453. The van der Waals surface area contributed by atoms with Crippen LogP contribution in [-0.4, -0.2) is 23.5 Å². The highest BCUT2D eigenvalue weighted by atomic mass is 16.2. The molecule has 1 aromatic carbocycles. The zero-order chi connectivity index (χ0) is 13.9. The highest BCUT2D eigenvalue weighted by Crippen LogP contribution is 2.35. The predicted molar refractivity (Wildman–Crippen MR) is 80.1 cm³/mol. The lowest BCUT2D eigenvalue weighted by Gasteiger charge is -2.28. The third kappa shape index (κ3) is 2.47. The Morgan fingerprint density at radius 2 is 1.90 bits per heavy atom. The fourth-order valence-corrected chi connectivity index (χ4v) is 3.67. The van der Waals surface area contributed by atoms with Gasteiger partial charge in [-0.2, -0.15) is 0 Å². The van der Waals surface area contributed by atoms with E-state index in [1.807, 2.05) is 18.2 Å². The largest absolute Gasteiger partial charge is 0.325 e. The fraction of sp³-hybridized carbons (Fsp3) is 0.588. The van der Waals surface area contributed by atoms with Crippen LogP contribution < -0.4 is 5.32 Å². The molecule has 2 unspecified atom stereocenters. The maximum atomic E-state index is 12.7. The number of carbonyl (C=O) groups is 1. The van der Waals surface area contributed by atoms with Crippen molar-refractivity contribution in [3.63, 3.8) is 0 Å². The first kappa shape index (κ1) is 13.6. The van der Waals surface area contributed by atoms with Gasteiger partial charge in [0.1, 0.15) is 6.04 Å². The van der Waals surface area contributed by atoms with Gasteiger partial charge in [-0.3, -0.25) is 10.1 Å². The van der Waals surface area contributed by atoms with E-state index in [4.69, 9.17) is 0 Å². The molecule has 1 N–H and O–H groups in total. The Kier molecular flexibility index (Phi) is 4.06. The van der Waals surface area contributed by atoms with E-state index >= 15 is 0 Å². The second-order valence-electron chi connectivity index (χ2n) is 6.03. The summed E-state index contributed by atoms with van der Waals surface area (Å²) in [6, 6.07) is 9.98. The minimum atomic E-state index is -0.145. The number of hydrogen-bond donors (Lipinski definition) is 1. The summed E-state index contributed by atoms with van der Waals surface area (Å²) < 4.78 is 0. The average Bonchev–Trinajstić information content (AvgIpc) is 3.10. The molecule has 3 rings (SSSR count). The van der Waals surface area contributed by atoms with Crippen molar-refractivity contribution in [1.82, 2.24) is 10.2 Å². The van der Waals surface area contributed by atoms with Gasteiger partial charge in [0.25, 0.3) is 0 Å². The Labute approximate surface area is 121 Å². The second-order valence-corrected chi connectivity index (χ2v) is 6.03. The summed E-state index contributed by atoms with van der Waals surface area (Å²) >= 11 is 0. The topological polar surface area (TPSA) is 32.3 Å². The molecule has 108 valence electrons. The highest BCUT2D eigenvalue weighted by molar-refractivity contribution is 5.85. The van der Waals surface area contributed by atoms with Crippen LogP contribution in [0.5, 0.6) is 0 Å². The van der Waals surface area contributed by atoms with Gasteiger partial charge in [0.2, 0.25) is 5.91 Å². The molecule has 1 aromatic rings. The summed E-state index contributed by atoms with van der Waals surface area (Å²) in [6.45, 7) is 3.02. The van der Waals surface area contributed by atoms with Crippen molar-refractivity contribution in [2.75, 3.05) is 6.54 Å². The minimum absolute atomic E-state index is 0.145. The Hall–Kier alpha value is -1.35. The van der Waals surface area contributed by atoms with Gasteiger partial charge in [0, 0.05) is 6.54 Å². The molecule has 0 spiro atoms. The average molecular weight is 272 g/mol. The first-order valence-electron chi connectivity index (χ1n) is 7.92. The van der Waals surface area contributed by atoms with E-state index in [2.05, 4.69) is 29.3 Å². The first-order valence-corrected chi connectivity index (χ1v) is 7.92. The molecule has 0 aromatic heterocycles. The molecule has 1 saturated heterocycles. The van der Waals surface area contributed by atoms with Crippen LogP contribution in [0, 0.1) is 5.92 Å². The number of amides is 1. The molecule has 2 aliphatic rings. The van der Waals surface area contributed by atoms with E-state index in [1.165, 1.54) is 25.7 Å². The van der Waals surface area contributed by atoms with Crippen LogP contribution in [0.4, 0.5) is 0 Å². The molecule has 20 heavy (non-hydrogen) atoms. The molecule has 1 heterocycles. The molecular formula is C17H24N2O. The molecule has 0 bridgehead atoms. The smallest absolute Gasteiger partial charge is 0.245 e. The molecule has 1 aliphatic heterocycles. The van der Waals surface area contributed by atoms with Crippen molar-refractivity contribution in [2.24, 2.45) is 5.92 Å². The SMILES string of the molecule is CCCN1C(=O)C(c2ccccc2)NC1C1CCCC1. The lowest BCUT2D eigenvalue weighted by Crippen LogP contribution is -2.42. The van der Waals surface area contributed by atoms with E-state index in [9.17, 15) is 4.79 Å². The van der Waals surface area contributed by atoms with Crippen molar-refractivity contribution in [2.45, 2.75) is 51.2 Å². The summed E-state index contributed by atoms with van der Waals surface area (Å²) in [6.07, 6.45) is 6.41. The van der Waals surface area contributed by atoms with Gasteiger partial charge in [-0.25, -0.2) is 0 Å². The molecule has 2 atom stereocenters. The number of nitrogens with one attached hydrogen (secondary N) is 1. The van der Waals surface area contributed by atoms with Crippen molar-refractivity contribution in [1.29, 1.82) is 0 Å². The van der Waals surface area contributed by atoms with Crippen LogP contribution in [0.1, 0.15) is 50.6 Å². The molecule has 1 aliphatic carbocycles. The summed E-state index contributed by atoms with van der Waals surface area (Å²) in [5.41, 5.74) is 1.10. The maximum Gasteiger partial charge on any atom is 0.245 e. The molecule has 2 fully saturated rings. The van der Waals surface area contributed by atoms with E-state index < -0.39 is 0 Å².